The molecule has 1 heterocycles. The summed E-state index contributed by atoms with van der Waals surface area (Å²) in [4.78, 5) is 23.3. The van der Waals surface area contributed by atoms with E-state index in [4.69, 9.17) is 9.47 Å². The molecule has 0 N–H and O–H groups in total. The molecular weight excluding hydrogens is 268 g/mol. The summed E-state index contributed by atoms with van der Waals surface area (Å²) in [6.07, 6.45) is 3.65. The van der Waals surface area contributed by atoms with Crippen molar-refractivity contribution in [2.75, 3.05) is 7.11 Å². The number of ether oxygens (including phenoxy) is 2. The predicted molar refractivity (Wildman–Crippen MR) is 75.2 cm³/mol. The average molecular weight is 284 g/mol. The van der Waals surface area contributed by atoms with Gasteiger partial charge in [-0.2, -0.15) is 0 Å². The fourth-order valence-electron chi connectivity index (χ4n) is 3.95. The van der Waals surface area contributed by atoms with Gasteiger partial charge in [-0.05, 0) is 42.7 Å². The molecule has 2 saturated carbocycles. The average Bonchev–Trinajstić information content (AvgIpc) is 2.73. The van der Waals surface area contributed by atoms with Crippen LogP contribution in [-0.4, -0.2) is 19.0 Å². The molecule has 0 amide bonds. The van der Waals surface area contributed by atoms with Gasteiger partial charge in [0.2, 0.25) is 0 Å². The first-order valence-corrected chi connectivity index (χ1v) is 7.23. The summed E-state index contributed by atoms with van der Waals surface area (Å²) in [5.74, 6) is 0.456. The van der Waals surface area contributed by atoms with E-state index in [-0.39, 0.29) is 23.3 Å². The number of fused-ring (bicyclic) bond motifs is 1. The topological polar surface area (TPSA) is 52.6 Å². The van der Waals surface area contributed by atoms with Crippen molar-refractivity contribution in [2.45, 2.75) is 25.7 Å². The second kappa shape index (κ2) is 4.20. The number of cyclic esters (lactones) is 1. The number of hydrogen-bond acceptors (Lipinski definition) is 4. The van der Waals surface area contributed by atoms with Gasteiger partial charge >= 0.3 is 11.9 Å². The highest BCUT2D eigenvalue weighted by atomic mass is 16.5. The molecular formula is C17H16O4. The Bertz CT molecular complexity index is 670. The molecule has 1 aliphatic heterocycles. The second-order valence-electron chi connectivity index (χ2n) is 6.35. The van der Waals surface area contributed by atoms with Crippen LogP contribution in [0.1, 0.15) is 41.6 Å². The molecule has 0 radical (unpaired) electrons. The number of allylic oxidation sites excluding steroid dienone is 1. The molecule has 0 bridgehead atoms. The number of benzene rings is 1. The van der Waals surface area contributed by atoms with Crippen LogP contribution in [0.5, 0.6) is 0 Å². The molecule has 4 nitrogen and oxygen atoms in total. The lowest BCUT2D eigenvalue weighted by molar-refractivity contribution is -0.155. The van der Waals surface area contributed by atoms with E-state index in [0.29, 0.717) is 5.56 Å². The minimum Gasteiger partial charge on any atom is -0.469 e. The molecule has 0 aromatic heterocycles. The van der Waals surface area contributed by atoms with Crippen molar-refractivity contribution in [1.82, 2.24) is 0 Å². The highest BCUT2D eigenvalue weighted by Crippen LogP contribution is 2.62. The van der Waals surface area contributed by atoms with E-state index >= 15 is 0 Å². The van der Waals surface area contributed by atoms with Gasteiger partial charge in [-0.25, -0.2) is 4.79 Å². The zero-order valence-corrected chi connectivity index (χ0v) is 11.8. The molecule has 108 valence electrons. The molecule has 2 fully saturated rings. The molecule has 0 unspecified atom stereocenters. The number of carbonyl (C=O) groups is 2. The number of methoxy groups -OCH3 is 1. The number of esters is 2. The third-order valence-corrected chi connectivity index (χ3v) is 4.98. The van der Waals surface area contributed by atoms with E-state index in [1.165, 1.54) is 12.7 Å². The van der Waals surface area contributed by atoms with Gasteiger partial charge in [-0.15, -0.1) is 0 Å². The lowest BCUT2D eigenvalue weighted by Crippen LogP contribution is -2.47. The first-order valence-electron chi connectivity index (χ1n) is 7.23. The molecule has 3 aliphatic rings. The predicted octanol–water partition coefficient (Wildman–Crippen LogP) is 2.93. The first kappa shape index (κ1) is 12.6. The maximum Gasteiger partial charge on any atom is 0.344 e. The van der Waals surface area contributed by atoms with Crippen LogP contribution >= 0.6 is 0 Å². The Morgan fingerprint density at radius 1 is 1.24 bits per heavy atom. The summed E-state index contributed by atoms with van der Waals surface area (Å²) < 4.78 is 10.2. The SMILES string of the molecule is COC(=O)C1CC2(CC(=C3OC(=O)c4ccccc43)C2)C1. The maximum absolute atomic E-state index is 11.8. The number of carbonyl (C=O) groups excluding carboxylic acids is 2. The molecule has 0 atom stereocenters. The standard InChI is InChI=1S/C17H16O4/c1-20-15(18)11-8-17(9-11)6-10(7-17)14-12-4-2-3-5-13(12)16(19)21-14/h2-5,11H,6-9H2,1H3. The van der Waals surface area contributed by atoms with Crippen molar-refractivity contribution in [3.8, 4) is 0 Å². The quantitative estimate of drug-likeness (QED) is 0.744. The van der Waals surface area contributed by atoms with Gasteiger partial charge in [0.25, 0.3) is 0 Å². The Labute approximate surface area is 122 Å². The van der Waals surface area contributed by atoms with Gasteiger partial charge in [-0.1, -0.05) is 18.2 Å². The van der Waals surface area contributed by atoms with Crippen LogP contribution in [0.15, 0.2) is 29.8 Å². The zero-order chi connectivity index (χ0) is 14.6. The number of hydrogen-bond donors (Lipinski definition) is 0. The van der Waals surface area contributed by atoms with E-state index in [1.807, 2.05) is 18.2 Å². The van der Waals surface area contributed by atoms with Crippen LogP contribution in [-0.2, 0) is 14.3 Å². The number of rotatable bonds is 1. The van der Waals surface area contributed by atoms with Gasteiger partial charge in [0.15, 0.2) is 0 Å². The maximum atomic E-state index is 11.8. The van der Waals surface area contributed by atoms with Crippen LogP contribution in [0.3, 0.4) is 0 Å². The fraction of sp³-hybridized carbons (Fsp3) is 0.412. The normalized spacial score (nSPS) is 29.6. The fourth-order valence-corrected chi connectivity index (χ4v) is 3.95. The van der Waals surface area contributed by atoms with Crippen LogP contribution in [0.4, 0.5) is 0 Å². The van der Waals surface area contributed by atoms with Gasteiger partial charge in [0.05, 0.1) is 18.6 Å². The van der Waals surface area contributed by atoms with Crippen molar-refractivity contribution in [3.63, 3.8) is 0 Å². The minimum atomic E-state index is -0.255. The first-order chi connectivity index (χ1) is 10.1. The highest BCUT2D eigenvalue weighted by molar-refractivity contribution is 6.03. The molecule has 21 heavy (non-hydrogen) atoms. The molecule has 1 aromatic carbocycles. The second-order valence-corrected chi connectivity index (χ2v) is 6.35. The Balaban J connectivity index is 1.52. The van der Waals surface area contributed by atoms with Crippen LogP contribution < -0.4 is 0 Å². The van der Waals surface area contributed by atoms with Gasteiger partial charge in [0, 0.05) is 5.56 Å². The Kier molecular flexibility index (Phi) is 2.52. The van der Waals surface area contributed by atoms with Crippen LogP contribution in [0.2, 0.25) is 0 Å². The summed E-state index contributed by atoms with van der Waals surface area (Å²) in [5, 5.41) is 0. The summed E-state index contributed by atoms with van der Waals surface area (Å²) >= 11 is 0. The smallest absolute Gasteiger partial charge is 0.344 e. The van der Waals surface area contributed by atoms with Crippen LogP contribution in [0, 0.1) is 11.3 Å². The Hall–Kier alpha value is -2.10. The largest absolute Gasteiger partial charge is 0.469 e. The third-order valence-electron chi connectivity index (χ3n) is 4.98. The van der Waals surface area contributed by atoms with E-state index in [2.05, 4.69) is 0 Å². The Morgan fingerprint density at radius 2 is 1.90 bits per heavy atom. The monoisotopic (exact) mass is 284 g/mol. The molecule has 0 saturated heterocycles. The lowest BCUT2D eigenvalue weighted by Gasteiger charge is -2.54. The van der Waals surface area contributed by atoms with Gasteiger partial charge in [-0.3, -0.25) is 4.79 Å². The van der Waals surface area contributed by atoms with E-state index < -0.39 is 0 Å². The van der Waals surface area contributed by atoms with Crippen molar-refractivity contribution in [2.24, 2.45) is 11.3 Å². The zero-order valence-electron chi connectivity index (χ0n) is 11.8. The van der Waals surface area contributed by atoms with Crippen molar-refractivity contribution >= 4 is 17.7 Å². The van der Waals surface area contributed by atoms with Crippen molar-refractivity contribution < 1.29 is 19.1 Å². The summed E-state index contributed by atoms with van der Waals surface area (Å²) in [6.45, 7) is 0. The third kappa shape index (κ3) is 1.75. The van der Waals surface area contributed by atoms with Crippen LogP contribution in [0.25, 0.3) is 5.76 Å². The van der Waals surface area contributed by atoms with Gasteiger partial charge < -0.3 is 9.47 Å². The highest BCUT2D eigenvalue weighted by Gasteiger charge is 2.54. The molecule has 1 aromatic rings. The van der Waals surface area contributed by atoms with Crippen molar-refractivity contribution in [3.05, 3.63) is 41.0 Å². The van der Waals surface area contributed by atoms with Crippen molar-refractivity contribution in [1.29, 1.82) is 0 Å². The Morgan fingerprint density at radius 3 is 2.57 bits per heavy atom. The molecule has 2 aliphatic carbocycles. The molecule has 4 heteroatoms. The minimum absolute atomic E-state index is 0.0555. The molecule has 4 rings (SSSR count). The summed E-state index contributed by atoms with van der Waals surface area (Å²) in [7, 11) is 1.44. The molecule has 1 spiro atoms. The van der Waals surface area contributed by atoms with E-state index in [1.54, 1.807) is 6.07 Å². The van der Waals surface area contributed by atoms with E-state index in [0.717, 1.165) is 37.0 Å². The van der Waals surface area contributed by atoms with Gasteiger partial charge in [0.1, 0.15) is 5.76 Å². The summed E-state index contributed by atoms with van der Waals surface area (Å²) in [6, 6.07) is 7.51. The lowest BCUT2D eigenvalue weighted by atomic mass is 9.50. The summed E-state index contributed by atoms with van der Waals surface area (Å²) in [5.41, 5.74) is 3.01. The van der Waals surface area contributed by atoms with E-state index in [9.17, 15) is 9.59 Å².